The molecule has 14 heteroatoms. The van der Waals surface area contributed by atoms with Crippen LogP contribution >= 0.6 is 0 Å². The molecule has 4 atom stereocenters. The standard InChI is InChI=1S/C29H43F3N4O7/c1-17(2)11-19(14-35(6)26(41)43-27(3,4)5)25(40)36-16-28(8-9-28)13-21(36)24(39)34-20(12-18-7-10-33-23(18)38)22(37)15-42-29(30,31)32/h14,17-21H,7-13,15-16H2,1-6H3,(H-,33,34,38,39)/p+1/b35-14+/t18-,19?,20-,21-/m0/s1. The summed E-state index contributed by atoms with van der Waals surface area (Å²) >= 11 is 0. The van der Waals surface area contributed by atoms with E-state index < -0.39 is 60.3 Å². The minimum absolute atomic E-state index is 0.0650. The van der Waals surface area contributed by atoms with Gasteiger partial charge in [0.15, 0.2) is 12.0 Å². The third kappa shape index (κ3) is 10.0. The van der Waals surface area contributed by atoms with E-state index in [9.17, 15) is 37.1 Å². The summed E-state index contributed by atoms with van der Waals surface area (Å²) in [5.74, 6) is -3.77. The van der Waals surface area contributed by atoms with E-state index in [1.54, 1.807) is 20.8 Å². The largest absolute Gasteiger partial charge is 0.596 e. The molecule has 3 fully saturated rings. The van der Waals surface area contributed by atoms with Crippen LogP contribution in [0.3, 0.4) is 0 Å². The number of carbonyl (C=O) groups is 5. The zero-order valence-electron chi connectivity index (χ0n) is 25.7. The molecule has 43 heavy (non-hydrogen) atoms. The van der Waals surface area contributed by atoms with E-state index >= 15 is 0 Å². The lowest BCUT2D eigenvalue weighted by Crippen LogP contribution is -2.53. The minimum Gasteiger partial charge on any atom is -0.406 e. The van der Waals surface area contributed by atoms with Gasteiger partial charge in [-0.05, 0) is 70.6 Å². The van der Waals surface area contributed by atoms with Crippen LogP contribution in [0.15, 0.2) is 0 Å². The zero-order valence-corrected chi connectivity index (χ0v) is 25.7. The fourth-order valence-electron chi connectivity index (χ4n) is 5.62. The summed E-state index contributed by atoms with van der Waals surface area (Å²) in [6, 6.07) is -2.38. The van der Waals surface area contributed by atoms with Gasteiger partial charge in [-0.1, -0.05) is 13.8 Å². The molecule has 4 amide bonds. The predicted molar refractivity (Wildman–Crippen MR) is 148 cm³/mol. The molecule has 2 heterocycles. The van der Waals surface area contributed by atoms with Crippen molar-refractivity contribution in [2.75, 3.05) is 26.7 Å². The summed E-state index contributed by atoms with van der Waals surface area (Å²) in [7, 11) is 1.49. The Morgan fingerprint density at radius 1 is 1.19 bits per heavy atom. The molecular weight excluding hydrogens is 573 g/mol. The number of ether oxygens (including phenoxy) is 2. The van der Waals surface area contributed by atoms with Gasteiger partial charge < -0.3 is 20.3 Å². The van der Waals surface area contributed by atoms with Crippen molar-refractivity contribution in [3.63, 3.8) is 0 Å². The van der Waals surface area contributed by atoms with Crippen molar-refractivity contribution in [1.29, 1.82) is 0 Å². The fourth-order valence-corrected chi connectivity index (χ4v) is 5.62. The Bertz CT molecular complexity index is 1130. The molecule has 1 aliphatic carbocycles. The van der Waals surface area contributed by atoms with Gasteiger partial charge in [0.25, 0.3) is 0 Å². The van der Waals surface area contributed by atoms with E-state index in [1.165, 1.54) is 22.7 Å². The third-order valence-electron chi connectivity index (χ3n) is 7.95. The van der Waals surface area contributed by atoms with E-state index in [2.05, 4.69) is 15.4 Å². The van der Waals surface area contributed by atoms with E-state index in [0.717, 1.165) is 12.8 Å². The molecule has 0 radical (unpaired) electrons. The highest BCUT2D eigenvalue weighted by Gasteiger charge is 2.56. The lowest BCUT2D eigenvalue weighted by atomic mass is 9.95. The van der Waals surface area contributed by atoms with Gasteiger partial charge >= 0.3 is 12.5 Å². The first-order valence-electron chi connectivity index (χ1n) is 14.7. The molecule has 242 valence electrons. The summed E-state index contributed by atoms with van der Waals surface area (Å²) < 4.78 is 48.3. The molecule has 0 aromatic heterocycles. The Labute approximate surface area is 249 Å². The molecule has 0 aromatic carbocycles. The van der Waals surface area contributed by atoms with Crippen LogP contribution in [0.2, 0.25) is 0 Å². The van der Waals surface area contributed by atoms with Crippen LogP contribution in [-0.2, 0) is 28.7 Å². The summed E-state index contributed by atoms with van der Waals surface area (Å²) in [5, 5.41) is 5.17. The number of likely N-dealkylation sites (tertiary alicyclic amines) is 1. The Morgan fingerprint density at radius 3 is 2.35 bits per heavy atom. The normalized spacial score (nSPS) is 23.3. The monoisotopic (exact) mass is 617 g/mol. The van der Waals surface area contributed by atoms with Crippen LogP contribution in [-0.4, -0.2) is 96.1 Å². The molecular formula is C29H44F3N4O7+. The van der Waals surface area contributed by atoms with Gasteiger partial charge in [-0.25, -0.2) is 0 Å². The topological polar surface area (TPSA) is 134 Å². The summed E-state index contributed by atoms with van der Waals surface area (Å²) in [6.45, 7) is 8.38. The molecule has 3 rings (SSSR count). The molecule has 3 aliphatic rings. The quantitative estimate of drug-likeness (QED) is 0.269. The number of carbonyl (C=O) groups excluding carboxylic acids is 5. The summed E-state index contributed by atoms with van der Waals surface area (Å²) in [4.78, 5) is 66.7. The van der Waals surface area contributed by atoms with Crippen LogP contribution in [0.5, 0.6) is 0 Å². The number of nitrogens with zero attached hydrogens (tertiary/aromatic N) is 2. The van der Waals surface area contributed by atoms with Gasteiger partial charge in [0.1, 0.15) is 31.2 Å². The average molecular weight is 618 g/mol. The molecule has 2 saturated heterocycles. The van der Waals surface area contributed by atoms with Gasteiger partial charge in [-0.15, -0.1) is 17.7 Å². The van der Waals surface area contributed by atoms with E-state index in [1.807, 2.05) is 13.8 Å². The second-order valence-electron chi connectivity index (χ2n) is 13.4. The number of ketones is 1. The van der Waals surface area contributed by atoms with Gasteiger partial charge in [0.2, 0.25) is 17.7 Å². The maximum atomic E-state index is 14.0. The van der Waals surface area contributed by atoms with Crippen LogP contribution in [0.4, 0.5) is 18.0 Å². The first kappa shape index (κ1) is 34.5. The van der Waals surface area contributed by atoms with Crippen molar-refractivity contribution in [2.45, 2.75) is 97.2 Å². The summed E-state index contributed by atoms with van der Waals surface area (Å²) in [6.07, 6.45) is -1.68. The number of hydrogen-bond donors (Lipinski definition) is 2. The van der Waals surface area contributed by atoms with Crippen molar-refractivity contribution in [3.05, 3.63) is 0 Å². The van der Waals surface area contributed by atoms with Crippen molar-refractivity contribution in [1.82, 2.24) is 15.5 Å². The Kier molecular flexibility index (Phi) is 10.7. The maximum absolute atomic E-state index is 14.0. The molecule has 1 saturated carbocycles. The number of amides is 4. The Balaban J connectivity index is 1.83. The smallest absolute Gasteiger partial charge is 0.406 e. The van der Waals surface area contributed by atoms with E-state index in [4.69, 9.17) is 4.74 Å². The van der Waals surface area contributed by atoms with Crippen LogP contribution in [0.1, 0.15) is 73.1 Å². The average Bonchev–Trinajstić information content (AvgIpc) is 3.33. The van der Waals surface area contributed by atoms with Crippen LogP contribution < -0.4 is 10.6 Å². The van der Waals surface area contributed by atoms with E-state index in [-0.39, 0.29) is 29.6 Å². The van der Waals surface area contributed by atoms with Crippen molar-refractivity contribution in [2.24, 2.45) is 23.2 Å². The highest BCUT2D eigenvalue weighted by atomic mass is 19.4. The zero-order chi connectivity index (χ0) is 32.3. The number of nitrogens with one attached hydrogen (secondary N) is 2. The predicted octanol–water partition coefficient (Wildman–Crippen LogP) is 2.79. The van der Waals surface area contributed by atoms with Gasteiger partial charge in [0.05, 0.1) is 6.04 Å². The van der Waals surface area contributed by atoms with Crippen molar-refractivity contribution >= 4 is 35.8 Å². The van der Waals surface area contributed by atoms with Crippen molar-refractivity contribution in [3.8, 4) is 0 Å². The van der Waals surface area contributed by atoms with Crippen LogP contribution in [0.25, 0.3) is 0 Å². The number of hydrogen-bond acceptors (Lipinski definition) is 7. The van der Waals surface area contributed by atoms with E-state index in [0.29, 0.717) is 32.4 Å². The maximum Gasteiger partial charge on any atom is 0.596 e. The van der Waals surface area contributed by atoms with Gasteiger partial charge in [-0.2, -0.15) is 4.79 Å². The molecule has 11 nitrogen and oxygen atoms in total. The molecule has 0 bridgehead atoms. The number of Topliss-reactive ketones (excluding diaryl/α,β-unsaturated/α-hetero) is 1. The summed E-state index contributed by atoms with van der Waals surface area (Å²) in [5.41, 5.74) is -0.993. The minimum atomic E-state index is -5.05. The second kappa shape index (κ2) is 13.3. The van der Waals surface area contributed by atoms with Gasteiger partial charge in [-0.3, -0.25) is 23.9 Å². The number of alkyl halides is 3. The molecule has 2 aliphatic heterocycles. The SMILES string of the molecule is CC(C)CC(/C=[N+](\C)C(=O)OC(C)(C)C)C(=O)N1CC2(CC2)C[C@H]1C(=O)N[C@@H](C[C@@H]1CCNC1=O)C(=O)COC(F)(F)F. The second-order valence-corrected chi connectivity index (χ2v) is 13.4. The Hall–Kier alpha value is -3.03. The first-order chi connectivity index (χ1) is 19.8. The highest BCUT2D eigenvalue weighted by Crippen LogP contribution is 2.55. The lowest BCUT2D eigenvalue weighted by Gasteiger charge is -2.29. The molecule has 2 N–H and O–H groups in total. The van der Waals surface area contributed by atoms with Crippen molar-refractivity contribution < 1.29 is 51.2 Å². The molecule has 1 spiro atoms. The lowest BCUT2D eigenvalue weighted by molar-refractivity contribution is -0.416. The number of halogens is 3. The van der Waals surface area contributed by atoms with Crippen LogP contribution in [0, 0.1) is 23.2 Å². The van der Waals surface area contributed by atoms with Gasteiger partial charge in [0, 0.05) is 19.0 Å². The fraction of sp³-hybridized carbons (Fsp3) is 0.793. The third-order valence-corrected chi connectivity index (χ3v) is 7.95. The Morgan fingerprint density at radius 2 is 1.84 bits per heavy atom. The molecule has 0 aromatic rings. The highest BCUT2D eigenvalue weighted by molar-refractivity contribution is 5.98. The molecule has 1 unspecified atom stereocenters. The first-order valence-corrected chi connectivity index (χ1v) is 14.7. The number of rotatable bonds is 11.